The molecule has 0 aromatic carbocycles. The molecular formula is C21H34O2. The average Bonchev–Trinajstić information content (AvgIpc) is 3.15. The number of fused-ring (bicyclic) bond motifs is 6. The van der Waals surface area contributed by atoms with Gasteiger partial charge in [0.05, 0.1) is 13.2 Å². The van der Waals surface area contributed by atoms with Crippen LogP contribution in [0.15, 0.2) is 0 Å². The fraction of sp³-hybridized carbons (Fsp3) is 1.00. The van der Waals surface area contributed by atoms with Crippen LogP contribution in [0.4, 0.5) is 0 Å². The van der Waals surface area contributed by atoms with E-state index < -0.39 is 0 Å². The SMILES string of the molecule is CC12CCCC1C1C(CC2)C2(C)CCCCC2CC12OCCO2. The predicted octanol–water partition coefficient (Wildman–Crippen LogP) is 5.16. The molecule has 130 valence electrons. The Morgan fingerprint density at radius 3 is 2.43 bits per heavy atom. The van der Waals surface area contributed by atoms with Gasteiger partial charge in [-0.15, -0.1) is 0 Å². The average molecular weight is 319 g/mol. The zero-order valence-corrected chi connectivity index (χ0v) is 15.1. The van der Waals surface area contributed by atoms with Crippen LogP contribution in [-0.2, 0) is 9.47 Å². The lowest BCUT2D eigenvalue weighted by atomic mass is 9.44. The third kappa shape index (κ3) is 1.94. The molecule has 6 atom stereocenters. The van der Waals surface area contributed by atoms with Crippen molar-refractivity contribution in [3.05, 3.63) is 0 Å². The molecule has 1 aliphatic heterocycles. The number of hydrogen-bond acceptors (Lipinski definition) is 2. The molecule has 0 N–H and O–H groups in total. The molecule has 4 aliphatic carbocycles. The molecular weight excluding hydrogens is 284 g/mol. The van der Waals surface area contributed by atoms with E-state index in [4.69, 9.17) is 9.47 Å². The normalized spacial score (nSPS) is 54.5. The van der Waals surface area contributed by atoms with Gasteiger partial charge in [0.1, 0.15) is 0 Å². The number of rotatable bonds is 0. The van der Waals surface area contributed by atoms with Crippen molar-refractivity contribution >= 4 is 0 Å². The molecule has 6 unspecified atom stereocenters. The summed E-state index contributed by atoms with van der Waals surface area (Å²) in [6.45, 7) is 6.89. The second-order valence-corrected chi connectivity index (χ2v) is 9.99. The van der Waals surface area contributed by atoms with Gasteiger partial charge in [-0.25, -0.2) is 0 Å². The van der Waals surface area contributed by atoms with Gasteiger partial charge in [0, 0.05) is 12.3 Å². The summed E-state index contributed by atoms with van der Waals surface area (Å²) in [7, 11) is 0. The Kier molecular flexibility index (Phi) is 3.29. The van der Waals surface area contributed by atoms with E-state index in [1.807, 2.05) is 0 Å². The smallest absolute Gasteiger partial charge is 0.172 e. The largest absolute Gasteiger partial charge is 0.347 e. The first-order valence-electron chi connectivity index (χ1n) is 10.4. The van der Waals surface area contributed by atoms with Crippen LogP contribution in [0.25, 0.3) is 0 Å². The molecule has 0 amide bonds. The molecule has 0 bridgehead atoms. The van der Waals surface area contributed by atoms with Gasteiger partial charge in [-0.05, 0) is 67.1 Å². The van der Waals surface area contributed by atoms with Gasteiger partial charge in [-0.3, -0.25) is 0 Å². The Balaban J connectivity index is 1.59. The van der Waals surface area contributed by atoms with E-state index in [1.54, 1.807) is 0 Å². The fourth-order valence-electron chi connectivity index (χ4n) is 8.00. The van der Waals surface area contributed by atoms with Crippen LogP contribution in [0, 0.1) is 34.5 Å². The van der Waals surface area contributed by atoms with E-state index in [1.165, 1.54) is 64.2 Å². The van der Waals surface area contributed by atoms with Gasteiger partial charge < -0.3 is 9.47 Å². The van der Waals surface area contributed by atoms with E-state index in [0.29, 0.717) is 16.7 Å². The Bertz CT molecular complexity index is 482. The first-order chi connectivity index (χ1) is 11.1. The number of hydrogen-bond donors (Lipinski definition) is 0. The summed E-state index contributed by atoms with van der Waals surface area (Å²) in [6.07, 6.45) is 14.1. The Morgan fingerprint density at radius 2 is 1.61 bits per heavy atom. The van der Waals surface area contributed by atoms with E-state index in [-0.39, 0.29) is 5.79 Å². The summed E-state index contributed by atoms with van der Waals surface area (Å²) >= 11 is 0. The zero-order chi connectivity index (χ0) is 15.7. The monoisotopic (exact) mass is 318 g/mol. The van der Waals surface area contributed by atoms with Crippen LogP contribution < -0.4 is 0 Å². The van der Waals surface area contributed by atoms with Crippen LogP contribution in [0.2, 0.25) is 0 Å². The van der Waals surface area contributed by atoms with Gasteiger partial charge in [-0.2, -0.15) is 0 Å². The lowest BCUT2D eigenvalue weighted by Crippen LogP contribution is -2.62. The molecule has 1 spiro atoms. The molecule has 0 aromatic heterocycles. The zero-order valence-electron chi connectivity index (χ0n) is 15.1. The van der Waals surface area contributed by atoms with Crippen molar-refractivity contribution in [2.45, 2.75) is 83.8 Å². The fourth-order valence-corrected chi connectivity index (χ4v) is 8.00. The molecule has 4 saturated carbocycles. The molecule has 5 fully saturated rings. The van der Waals surface area contributed by atoms with Crippen molar-refractivity contribution < 1.29 is 9.47 Å². The maximum atomic E-state index is 6.48. The van der Waals surface area contributed by atoms with Gasteiger partial charge in [0.15, 0.2) is 5.79 Å². The molecule has 0 aromatic rings. The molecule has 23 heavy (non-hydrogen) atoms. The van der Waals surface area contributed by atoms with Gasteiger partial charge >= 0.3 is 0 Å². The van der Waals surface area contributed by atoms with Crippen LogP contribution in [-0.4, -0.2) is 19.0 Å². The Morgan fingerprint density at radius 1 is 0.783 bits per heavy atom. The second kappa shape index (κ2) is 4.97. The van der Waals surface area contributed by atoms with Crippen LogP contribution in [0.5, 0.6) is 0 Å². The summed E-state index contributed by atoms with van der Waals surface area (Å²) < 4.78 is 13.0. The van der Waals surface area contributed by atoms with Gasteiger partial charge in [-0.1, -0.05) is 33.1 Å². The summed E-state index contributed by atoms with van der Waals surface area (Å²) in [5.41, 5.74) is 1.13. The summed E-state index contributed by atoms with van der Waals surface area (Å²) in [5, 5.41) is 0. The minimum atomic E-state index is -0.205. The molecule has 5 aliphatic rings. The summed E-state index contributed by atoms with van der Waals surface area (Å²) in [6, 6.07) is 0. The maximum Gasteiger partial charge on any atom is 0.172 e. The van der Waals surface area contributed by atoms with Crippen molar-refractivity contribution in [1.29, 1.82) is 0 Å². The van der Waals surface area contributed by atoms with Crippen LogP contribution in [0.1, 0.15) is 78.1 Å². The lowest BCUT2D eigenvalue weighted by Gasteiger charge is -2.64. The van der Waals surface area contributed by atoms with Crippen molar-refractivity contribution in [3.63, 3.8) is 0 Å². The highest BCUT2D eigenvalue weighted by Crippen LogP contribution is 2.69. The molecule has 2 nitrogen and oxygen atoms in total. The van der Waals surface area contributed by atoms with E-state index in [2.05, 4.69) is 13.8 Å². The lowest BCUT2D eigenvalue weighted by molar-refractivity contribution is -0.296. The first kappa shape index (κ1) is 15.2. The molecule has 1 heterocycles. The van der Waals surface area contributed by atoms with E-state index in [9.17, 15) is 0 Å². The maximum absolute atomic E-state index is 6.48. The molecule has 1 saturated heterocycles. The predicted molar refractivity (Wildman–Crippen MR) is 91.0 cm³/mol. The van der Waals surface area contributed by atoms with Gasteiger partial charge in [0.2, 0.25) is 0 Å². The quantitative estimate of drug-likeness (QED) is 0.614. The number of ether oxygens (including phenoxy) is 2. The van der Waals surface area contributed by atoms with Crippen molar-refractivity contribution in [2.75, 3.05) is 13.2 Å². The summed E-state index contributed by atoms with van der Waals surface area (Å²) in [5.74, 6) is 2.99. The minimum absolute atomic E-state index is 0.205. The highest BCUT2D eigenvalue weighted by Gasteiger charge is 2.66. The topological polar surface area (TPSA) is 18.5 Å². The summed E-state index contributed by atoms with van der Waals surface area (Å²) in [4.78, 5) is 0. The highest BCUT2D eigenvalue weighted by atomic mass is 16.7. The van der Waals surface area contributed by atoms with Crippen LogP contribution in [0.3, 0.4) is 0 Å². The van der Waals surface area contributed by atoms with E-state index >= 15 is 0 Å². The van der Waals surface area contributed by atoms with E-state index in [0.717, 1.165) is 31.0 Å². The Hall–Kier alpha value is -0.0800. The van der Waals surface area contributed by atoms with Crippen molar-refractivity contribution in [3.8, 4) is 0 Å². The van der Waals surface area contributed by atoms with Crippen molar-refractivity contribution in [2.24, 2.45) is 34.5 Å². The highest BCUT2D eigenvalue weighted by molar-refractivity contribution is 5.12. The van der Waals surface area contributed by atoms with Crippen molar-refractivity contribution in [1.82, 2.24) is 0 Å². The molecule has 0 radical (unpaired) electrons. The molecule has 5 rings (SSSR count). The minimum Gasteiger partial charge on any atom is -0.347 e. The third-order valence-electron chi connectivity index (χ3n) is 9.16. The second-order valence-electron chi connectivity index (χ2n) is 9.99. The molecule has 2 heteroatoms. The Labute approximate surface area is 141 Å². The van der Waals surface area contributed by atoms with Gasteiger partial charge in [0.25, 0.3) is 0 Å². The standard InChI is InChI=1S/C21H34O2/c1-19-9-5-7-16(19)18-17(8-11-19)20(2)10-4-3-6-15(20)14-21(18)22-12-13-23-21/h15-18H,3-14H2,1-2H3. The third-order valence-corrected chi connectivity index (χ3v) is 9.16. The van der Waals surface area contributed by atoms with Crippen LogP contribution >= 0.6 is 0 Å². The first-order valence-corrected chi connectivity index (χ1v) is 10.4.